The Kier molecular flexibility index (Phi) is 28.1. The maximum absolute atomic E-state index is 12.3. The largest absolute Gasteiger partial charge is 0.466 e. The Morgan fingerprint density at radius 1 is 0.500 bits per heavy atom. The maximum atomic E-state index is 12.3. The highest BCUT2D eigenvalue weighted by atomic mass is 16.5. The lowest BCUT2D eigenvalue weighted by atomic mass is 9.87. The molecule has 0 fully saturated rings. The van der Waals surface area contributed by atoms with Crippen LogP contribution in [0.5, 0.6) is 0 Å². The molecule has 0 saturated heterocycles. The molecule has 0 heterocycles. The van der Waals surface area contributed by atoms with E-state index in [-0.39, 0.29) is 11.9 Å². The molecule has 226 valence electrons. The van der Waals surface area contributed by atoms with E-state index in [9.17, 15) is 9.59 Å². The Morgan fingerprint density at radius 2 is 0.895 bits per heavy atom. The van der Waals surface area contributed by atoms with Crippen LogP contribution in [0, 0.1) is 11.8 Å². The zero-order valence-electron chi connectivity index (χ0n) is 26.2. The van der Waals surface area contributed by atoms with Crippen LogP contribution in [0.25, 0.3) is 0 Å². The van der Waals surface area contributed by atoms with Gasteiger partial charge in [-0.05, 0) is 37.5 Å². The van der Waals surface area contributed by atoms with E-state index >= 15 is 0 Å². The molecular weight excluding hydrogens is 472 g/mol. The van der Waals surface area contributed by atoms with E-state index in [1.165, 1.54) is 109 Å². The van der Waals surface area contributed by atoms with Crippen LogP contribution in [-0.2, 0) is 19.1 Å². The summed E-state index contributed by atoms with van der Waals surface area (Å²) >= 11 is 0. The van der Waals surface area contributed by atoms with Crippen LogP contribution in [0.2, 0.25) is 0 Å². The van der Waals surface area contributed by atoms with Crippen LogP contribution in [0.4, 0.5) is 0 Å². The molecule has 0 amide bonds. The Bertz CT molecular complexity index is 517. The van der Waals surface area contributed by atoms with Gasteiger partial charge >= 0.3 is 11.9 Å². The zero-order chi connectivity index (χ0) is 28.1. The first-order valence-electron chi connectivity index (χ1n) is 16.8. The molecule has 0 N–H and O–H groups in total. The minimum Gasteiger partial charge on any atom is -0.466 e. The Hall–Kier alpha value is -1.06. The molecule has 0 bridgehead atoms. The van der Waals surface area contributed by atoms with E-state index in [4.69, 9.17) is 9.47 Å². The summed E-state index contributed by atoms with van der Waals surface area (Å²) in [6, 6.07) is 0. The van der Waals surface area contributed by atoms with E-state index in [2.05, 4.69) is 27.7 Å². The van der Waals surface area contributed by atoms with Gasteiger partial charge in [-0.3, -0.25) is 9.59 Å². The average Bonchev–Trinajstić information content (AvgIpc) is 2.89. The topological polar surface area (TPSA) is 52.6 Å². The average molecular weight is 539 g/mol. The van der Waals surface area contributed by atoms with Crippen molar-refractivity contribution >= 4 is 11.9 Å². The number of hydrogen-bond donors (Lipinski definition) is 0. The first kappa shape index (κ1) is 36.9. The van der Waals surface area contributed by atoms with E-state index in [1.54, 1.807) is 0 Å². The monoisotopic (exact) mass is 538 g/mol. The molecule has 38 heavy (non-hydrogen) atoms. The lowest BCUT2D eigenvalue weighted by Gasteiger charge is -2.20. The van der Waals surface area contributed by atoms with Crippen molar-refractivity contribution in [2.24, 2.45) is 11.8 Å². The maximum Gasteiger partial charge on any atom is 0.306 e. The smallest absolute Gasteiger partial charge is 0.306 e. The van der Waals surface area contributed by atoms with Crippen molar-refractivity contribution in [1.29, 1.82) is 0 Å². The molecular formula is C34H66O4. The van der Waals surface area contributed by atoms with Gasteiger partial charge in [-0.1, -0.05) is 143 Å². The van der Waals surface area contributed by atoms with Gasteiger partial charge < -0.3 is 9.47 Å². The fourth-order valence-corrected chi connectivity index (χ4v) is 5.07. The molecule has 0 spiro atoms. The van der Waals surface area contributed by atoms with Gasteiger partial charge in [0.1, 0.15) is 0 Å². The molecule has 0 aliphatic heterocycles. The number of carbonyl (C=O) groups excluding carboxylic acids is 2. The molecule has 0 saturated carbocycles. The molecule has 0 aromatic heterocycles. The van der Waals surface area contributed by atoms with Crippen LogP contribution in [0.15, 0.2) is 0 Å². The van der Waals surface area contributed by atoms with Gasteiger partial charge in [0, 0.05) is 12.8 Å². The van der Waals surface area contributed by atoms with Gasteiger partial charge in [0.15, 0.2) is 0 Å². The molecule has 1 atom stereocenters. The van der Waals surface area contributed by atoms with E-state index < -0.39 is 0 Å². The molecule has 0 aromatic carbocycles. The number of carbonyl (C=O) groups is 2. The van der Waals surface area contributed by atoms with Gasteiger partial charge in [0.2, 0.25) is 0 Å². The van der Waals surface area contributed by atoms with E-state index in [0.717, 1.165) is 32.1 Å². The highest BCUT2D eigenvalue weighted by Gasteiger charge is 2.18. The second kappa shape index (κ2) is 28.9. The van der Waals surface area contributed by atoms with E-state index in [0.29, 0.717) is 37.9 Å². The summed E-state index contributed by atoms with van der Waals surface area (Å²) in [4.78, 5) is 24.1. The number of rotatable bonds is 29. The summed E-state index contributed by atoms with van der Waals surface area (Å²) in [7, 11) is 0. The predicted octanol–water partition coefficient (Wildman–Crippen LogP) is 10.7. The van der Waals surface area contributed by atoms with Gasteiger partial charge in [0.05, 0.1) is 13.2 Å². The minimum absolute atomic E-state index is 0.00308. The summed E-state index contributed by atoms with van der Waals surface area (Å²) in [5, 5.41) is 0. The number of unbranched alkanes of at least 4 members (excludes halogenated alkanes) is 18. The SMILES string of the molecule is CCCCCCCCOC(=O)CCCCCCCCCCCC(CC(=O)OCCCCCCCC)C(C)C. The predicted molar refractivity (Wildman–Crippen MR) is 162 cm³/mol. The van der Waals surface area contributed by atoms with Gasteiger partial charge in [-0.25, -0.2) is 0 Å². The summed E-state index contributed by atoms with van der Waals surface area (Å²) in [5.41, 5.74) is 0. The van der Waals surface area contributed by atoms with Crippen molar-refractivity contribution in [3.63, 3.8) is 0 Å². The molecule has 4 heteroatoms. The molecule has 0 aromatic rings. The Labute approximate surface area is 237 Å². The van der Waals surface area contributed by atoms with Crippen molar-refractivity contribution in [2.45, 2.75) is 182 Å². The van der Waals surface area contributed by atoms with Crippen LogP contribution < -0.4 is 0 Å². The Balaban J connectivity index is 3.55. The lowest BCUT2D eigenvalue weighted by Crippen LogP contribution is -2.17. The Morgan fingerprint density at radius 3 is 1.37 bits per heavy atom. The van der Waals surface area contributed by atoms with Crippen LogP contribution >= 0.6 is 0 Å². The minimum atomic E-state index is -0.00988. The van der Waals surface area contributed by atoms with Gasteiger partial charge in [-0.2, -0.15) is 0 Å². The van der Waals surface area contributed by atoms with Crippen molar-refractivity contribution in [3.8, 4) is 0 Å². The van der Waals surface area contributed by atoms with E-state index in [1.807, 2.05) is 0 Å². The first-order valence-corrected chi connectivity index (χ1v) is 16.8. The van der Waals surface area contributed by atoms with Gasteiger partial charge in [-0.15, -0.1) is 0 Å². The lowest BCUT2D eigenvalue weighted by molar-refractivity contribution is -0.145. The second-order valence-corrected chi connectivity index (χ2v) is 11.9. The normalized spacial score (nSPS) is 12.1. The molecule has 0 rings (SSSR count). The quantitative estimate of drug-likeness (QED) is 0.0702. The highest BCUT2D eigenvalue weighted by molar-refractivity contribution is 5.69. The molecule has 0 radical (unpaired) electrons. The number of hydrogen-bond acceptors (Lipinski definition) is 4. The van der Waals surface area contributed by atoms with Crippen LogP contribution in [-0.4, -0.2) is 25.2 Å². The third-order valence-electron chi connectivity index (χ3n) is 7.85. The summed E-state index contributed by atoms with van der Waals surface area (Å²) in [5.74, 6) is 0.974. The van der Waals surface area contributed by atoms with Crippen LogP contribution in [0.1, 0.15) is 182 Å². The van der Waals surface area contributed by atoms with Crippen molar-refractivity contribution < 1.29 is 19.1 Å². The number of esters is 2. The summed E-state index contributed by atoms with van der Waals surface area (Å²) < 4.78 is 10.9. The fourth-order valence-electron chi connectivity index (χ4n) is 5.07. The number of ether oxygens (including phenoxy) is 2. The molecule has 1 unspecified atom stereocenters. The summed E-state index contributed by atoms with van der Waals surface area (Å²) in [6.07, 6.45) is 27.9. The summed E-state index contributed by atoms with van der Waals surface area (Å²) in [6.45, 7) is 10.1. The van der Waals surface area contributed by atoms with Crippen molar-refractivity contribution in [2.75, 3.05) is 13.2 Å². The third kappa shape index (κ3) is 26.5. The fraction of sp³-hybridized carbons (Fsp3) is 0.941. The molecule has 4 nitrogen and oxygen atoms in total. The highest BCUT2D eigenvalue weighted by Crippen LogP contribution is 2.23. The van der Waals surface area contributed by atoms with Crippen LogP contribution in [0.3, 0.4) is 0 Å². The zero-order valence-corrected chi connectivity index (χ0v) is 26.2. The van der Waals surface area contributed by atoms with Crippen molar-refractivity contribution in [3.05, 3.63) is 0 Å². The third-order valence-corrected chi connectivity index (χ3v) is 7.85. The second-order valence-electron chi connectivity index (χ2n) is 11.9. The van der Waals surface area contributed by atoms with Gasteiger partial charge in [0.25, 0.3) is 0 Å². The molecule has 0 aliphatic rings. The van der Waals surface area contributed by atoms with Crippen molar-refractivity contribution in [1.82, 2.24) is 0 Å². The standard InChI is InChI=1S/C34H66O4/c1-5-7-9-11-20-24-28-37-33(35)27-23-19-17-15-13-14-16-18-22-26-32(31(3)4)30-34(36)38-29-25-21-12-10-8-6-2/h31-32H,5-30H2,1-4H3. The molecule has 0 aliphatic carbocycles. The first-order chi connectivity index (χ1) is 18.5.